The second-order valence-electron chi connectivity index (χ2n) is 6.32. The van der Waals surface area contributed by atoms with E-state index in [0.717, 1.165) is 16.0 Å². The Hall–Kier alpha value is -2.47. The average Bonchev–Trinajstić information content (AvgIpc) is 3.37. The number of aromatic nitrogens is 1. The molecule has 3 heterocycles. The molecule has 1 amide bonds. The van der Waals surface area contributed by atoms with E-state index < -0.39 is 4.92 Å². The van der Waals surface area contributed by atoms with Crippen LogP contribution in [0, 0.1) is 10.1 Å². The van der Waals surface area contributed by atoms with E-state index in [2.05, 4.69) is 4.98 Å². The summed E-state index contributed by atoms with van der Waals surface area (Å²) in [5, 5.41) is 11.4. The number of thiophene rings is 1. The first-order chi connectivity index (χ1) is 13.4. The molecule has 3 aromatic rings. The van der Waals surface area contributed by atoms with Crippen molar-refractivity contribution in [3.8, 4) is 11.5 Å². The van der Waals surface area contributed by atoms with Crippen LogP contribution in [0.15, 0.2) is 24.3 Å². The van der Waals surface area contributed by atoms with E-state index in [9.17, 15) is 14.9 Å². The molecule has 154 valence electrons. The summed E-state index contributed by atoms with van der Waals surface area (Å²) in [6, 6.07) is 6.47. The maximum Gasteiger partial charge on any atom is 0.324 e. The Labute approximate surface area is 180 Å². The minimum atomic E-state index is -0.495. The van der Waals surface area contributed by atoms with Crippen LogP contribution >= 0.6 is 35.1 Å². The molecule has 9 nitrogen and oxygen atoms in total. The first-order valence-corrected chi connectivity index (χ1v) is 9.96. The zero-order valence-electron chi connectivity index (χ0n) is 15.5. The number of halogens is 1. The number of hydrogen-bond acceptors (Lipinski definition) is 9. The standard InChI is InChI=1S/C17H16N4O5S2.ClH/c1-19(2)5-6-20(16(22)13-3-4-15(27-13)21(23)24)17-18-10-7-11-12(26-9-25-11)8-14(10)28-17;/h3-4,7-8H,5-6,9H2,1-2H3;1H. The molecular formula is C17H17ClN4O5S2. The Balaban J connectivity index is 0.00000240. The maximum absolute atomic E-state index is 13.1. The topological polar surface area (TPSA) is 98.0 Å². The summed E-state index contributed by atoms with van der Waals surface area (Å²) >= 11 is 2.23. The van der Waals surface area contributed by atoms with Crippen LogP contribution in [0.3, 0.4) is 0 Å². The molecule has 0 radical (unpaired) electrons. The molecule has 0 bridgehead atoms. The molecule has 1 aliphatic heterocycles. The molecule has 2 aromatic heterocycles. The number of rotatable bonds is 6. The van der Waals surface area contributed by atoms with E-state index in [4.69, 9.17) is 9.47 Å². The molecule has 0 N–H and O–H groups in total. The second-order valence-corrected chi connectivity index (χ2v) is 8.40. The largest absolute Gasteiger partial charge is 0.454 e. The summed E-state index contributed by atoms with van der Waals surface area (Å²) in [5.74, 6) is 0.978. The number of amides is 1. The fraction of sp³-hybridized carbons (Fsp3) is 0.294. The van der Waals surface area contributed by atoms with Crippen molar-refractivity contribution in [3.63, 3.8) is 0 Å². The number of carbonyl (C=O) groups is 1. The van der Waals surface area contributed by atoms with Crippen LogP contribution in [0.1, 0.15) is 9.67 Å². The lowest BCUT2D eigenvalue weighted by molar-refractivity contribution is -0.380. The van der Waals surface area contributed by atoms with Gasteiger partial charge in [0.15, 0.2) is 16.6 Å². The first kappa shape index (κ1) is 21.2. The molecule has 12 heteroatoms. The summed E-state index contributed by atoms with van der Waals surface area (Å²) in [6.45, 7) is 1.21. The number of benzene rings is 1. The summed E-state index contributed by atoms with van der Waals surface area (Å²) in [4.78, 5) is 32.0. The predicted octanol–water partition coefficient (Wildman–Crippen LogP) is 3.62. The SMILES string of the molecule is CN(C)CCN(C(=O)c1ccc([N+](=O)[O-])s1)c1nc2cc3c(cc2s1)OCO3.Cl. The second kappa shape index (κ2) is 8.49. The van der Waals surface area contributed by atoms with Crippen molar-refractivity contribution in [1.82, 2.24) is 9.88 Å². The molecule has 0 saturated heterocycles. The van der Waals surface area contributed by atoms with Crippen molar-refractivity contribution in [2.24, 2.45) is 0 Å². The van der Waals surface area contributed by atoms with E-state index >= 15 is 0 Å². The fourth-order valence-corrected chi connectivity index (χ4v) is 4.45. The first-order valence-electron chi connectivity index (χ1n) is 8.33. The van der Waals surface area contributed by atoms with Gasteiger partial charge in [-0.15, -0.1) is 12.4 Å². The summed E-state index contributed by atoms with van der Waals surface area (Å²) in [5.41, 5.74) is 0.712. The van der Waals surface area contributed by atoms with Gasteiger partial charge in [0, 0.05) is 31.3 Å². The quantitative estimate of drug-likeness (QED) is 0.412. The van der Waals surface area contributed by atoms with Gasteiger partial charge in [-0.2, -0.15) is 0 Å². The Bertz CT molecular complexity index is 1030. The number of thiazole rings is 1. The van der Waals surface area contributed by atoms with Crippen LogP contribution in [-0.2, 0) is 0 Å². The minimum absolute atomic E-state index is 0. The van der Waals surface area contributed by atoms with Gasteiger partial charge in [-0.25, -0.2) is 4.98 Å². The molecule has 0 aliphatic carbocycles. The van der Waals surface area contributed by atoms with E-state index in [1.54, 1.807) is 11.0 Å². The molecule has 0 spiro atoms. The van der Waals surface area contributed by atoms with Crippen LogP contribution in [0.25, 0.3) is 10.2 Å². The van der Waals surface area contributed by atoms with Gasteiger partial charge in [-0.05, 0) is 20.2 Å². The number of nitrogens with zero attached hydrogens (tertiary/aromatic N) is 4. The van der Waals surface area contributed by atoms with Gasteiger partial charge in [-0.3, -0.25) is 19.8 Å². The molecule has 1 aliphatic rings. The van der Waals surface area contributed by atoms with Gasteiger partial charge in [0.05, 0.1) is 20.0 Å². The van der Waals surface area contributed by atoms with Crippen LogP contribution in [0.5, 0.6) is 11.5 Å². The third-order valence-corrected chi connectivity index (χ3v) is 6.17. The number of anilines is 1. The zero-order valence-corrected chi connectivity index (χ0v) is 17.9. The van der Waals surface area contributed by atoms with Gasteiger partial charge in [0.25, 0.3) is 5.91 Å². The molecule has 0 fully saturated rings. The fourth-order valence-electron chi connectivity index (χ4n) is 2.68. The van der Waals surface area contributed by atoms with Crippen LogP contribution < -0.4 is 14.4 Å². The van der Waals surface area contributed by atoms with Gasteiger partial charge in [0.1, 0.15) is 0 Å². The van der Waals surface area contributed by atoms with E-state index in [0.29, 0.717) is 40.1 Å². The minimum Gasteiger partial charge on any atom is -0.454 e. The Kier molecular flexibility index (Phi) is 6.22. The molecule has 4 rings (SSSR count). The molecule has 1 aromatic carbocycles. The van der Waals surface area contributed by atoms with Gasteiger partial charge >= 0.3 is 5.00 Å². The number of fused-ring (bicyclic) bond motifs is 2. The third kappa shape index (κ3) is 4.27. The molecule has 29 heavy (non-hydrogen) atoms. The van der Waals surface area contributed by atoms with Crippen LogP contribution in [0.4, 0.5) is 10.1 Å². The van der Waals surface area contributed by atoms with Crippen molar-refractivity contribution < 1.29 is 19.2 Å². The lowest BCUT2D eigenvalue weighted by Crippen LogP contribution is -2.36. The monoisotopic (exact) mass is 456 g/mol. The van der Waals surface area contributed by atoms with Crippen molar-refractivity contribution in [1.29, 1.82) is 0 Å². The number of carbonyl (C=O) groups excluding carboxylic acids is 1. The Morgan fingerprint density at radius 2 is 1.93 bits per heavy atom. The summed E-state index contributed by atoms with van der Waals surface area (Å²) < 4.78 is 11.7. The predicted molar refractivity (Wildman–Crippen MR) is 114 cm³/mol. The maximum atomic E-state index is 13.1. The van der Waals surface area contributed by atoms with Crippen molar-refractivity contribution in [2.45, 2.75) is 0 Å². The number of likely N-dealkylation sites (N-methyl/N-ethyl adjacent to an activating group) is 1. The zero-order chi connectivity index (χ0) is 19.8. The molecule has 0 saturated carbocycles. The molecule has 0 unspecified atom stereocenters. The number of nitro groups is 1. The van der Waals surface area contributed by atoms with Crippen LogP contribution in [0.2, 0.25) is 0 Å². The lowest BCUT2D eigenvalue weighted by Gasteiger charge is -2.21. The Morgan fingerprint density at radius 1 is 1.21 bits per heavy atom. The third-order valence-electron chi connectivity index (χ3n) is 4.10. The molecular weight excluding hydrogens is 440 g/mol. The highest BCUT2D eigenvalue weighted by molar-refractivity contribution is 7.22. The highest BCUT2D eigenvalue weighted by Gasteiger charge is 2.25. The van der Waals surface area contributed by atoms with E-state index in [-0.39, 0.29) is 30.1 Å². The van der Waals surface area contributed by atoms with Gasteiger partial charge in [-0.1, -0.05) is 22.7 Å². The highest BCUT2D eigenvalue weighted by atomic mass is 35.5. The lowest BCUT2D eigenvalue weighted by atomic mass is 10.3. The average molecular weight is 457 g/mol. The van der Waals surface area contributed by atoms with E-state index in [1.807, 2.05) is 25.1 Å². The number of hydrogen-bond donors (Lipinski definition) is 0. The Morgan fingerprint density at radius 3 is 2.59 bits per heavy atom. The van der Waals surface area contributed by atoms with Crippen molar-refractivity contribution in [3.05, 3.63) is 39.3 Å². The highest BCUT2D eigenvalue weighted by Crippen LogP contribution is 2.40. The van der Waals surface area contributed by atoms with Gasteiger partial charge in [0.2, 0.25) is 6.79 Å². The van der Waals surface area contributed by atoms with E-state index in [1.165, 1.54) is 23.5 Å². The van der Waals surface area contributed by atoms with Crippen LogP contribution in [-0.4, -0.2) is 54.7 Å². The summed E-state index contributed by atoms with van der Waals surface area (Å²) in [6.07, 6.45) is 0. The smallest absolute Gasteiger partial charge is 0.324 e. The van der Waals surface area contributed by atoms with Crippen molar-refractivity contribution >= 4 is 61.3 Å². The van der Waals surface area contributed by atoms with Gasteiger partial charge < -0.3 is 14.4 Å². The van der Waals surface area contributed by atoms with Crippen molar-refractivity contribution in [2.75, 3.05) is 38.9 Å². The normalized spacial score (nSPS) is 12.2. The summed E-state index contributed by atoms with van der Waals surface area (Å²) in [7, 11) is 3.83. The molecule has 0 atom stereocenters. The number of ether oxygens (including phenoxy) is 2.